The quantitative estimate of drug-likeness (QED) is 0.754. The monoisotopic (exact) mass is 292 g/mol. The summed E-state index contributed by atoms with van der Waals surface area (Å²) in [6, 6.07) is 1.44. The largest absolute Gasteiger partial charge is 0.478 e. The SMILES string of the molecule is CC(=O)NCC1CCN(c2ncc(C(=O)O)cc2N)CC1. The van der Waals surface area contributed by atoms with Crippen LogP contribution in [0.5, 0.6) is 0 Å². The van der Waals surface area contributed by atoms with Gasteiger partial charge in [-0.2, -0.15) is 0 Å². The molecule has 0 aromatic carbocycles. The van der Waals surface area contributed by atoms with Crippen molar-refractivity contribution in [1.29, 1.82) is 0 Å². The molecular weight excluding hydrogens is 272 g/mol. The molecule has 0 bridgehead atoms. The van der Waals surface area contributed by atoms with Crippen LogP contribution in [0.3, 0.4) is 0 Å². The number of carboxylic acid groups (broad SMARTS) is 1. The number of nitrogens with one attached hydrogen (secondary N) is 1. The van der Waals surface area contributed by atoms with Gasteiger partial charge in [0.05, 0.1) is 11.3 Å². The third kappa shape index (κ3) is 3.84. The van der Waals surface area contributed by atoms with E-state index in [1.165, 1.54) is 19.2 Å². The maximum Gasteiger partial charge on any atom is 0.337 e. The molecule has 2 heterocycles. The molecule has 2 rings (SSSR count). The summed E-state index contributed by atoms with van der Waals surface area (Å²) in [7, 11) is 0. The minimum absolute atomic E-state index is 0.00685. The van der Waals surface area contributed by atoms with Gasteiger partial charge in [-0.1, -0.05) is 0 Å². The Kier molecular flexibility index (Phi) is 4.62. The maximum atomic E-state index is 10.9. The third-order valence-electron chi connectivity index (χ3n) is 3.70. The van der Waals surface area contributed by atoms with Crippen LogP contribution in [-0.2, 0) is 4.79 Å². The number of anilines is 2. The molecule has 0 aliphatic carbocycles. The first kappa shape index (κ1) is 15.1. The number of nitrogens with zero attached hydrogens (tertiary/aromatic N) is 2. The first-order valence-electron chi connectivity index (χ1n) is 6.95. The highest BCUT2D eigenvalue weighted by Gasteiger charge is 2.22. The summed E-state index contributed by atoms with van der Waals surface area (Å²) in [4.78, 5) is 28.0. The lowest BCUT2D eigenvalue weighted by atomic mass is 9.96. The molecule has 0 unspecified atom stereocenters. The van der Waals surface area contributed by atoms with Gasteiger partial charge in [0.25, 0.3) is 0 Å². The fourth-order valence-corrected chi connectivity index (χ4v) is 2.49. The molecule has 4 N–H and O–H groups in total. The highest BCUT2D eigenvalue weighted by atomic mass is 16.4. The van der Waals surface area contributed by atoms with Crippen molar-refractivity contribution < 1.29 is 14.7 Å². The van der Waals surface area contributed by atoms with Gasteiger partial charge in [0.15, 0.2) is 5.82 Å². The van der Waals surface area contributed by atoms with Gasteiger partial charge in [-0.25, -0.2) is 9.78 Å². The van der Waals surface area contributed by atoms with E-state index in [9.17, 15) is 9.59 Å². The molecule has 0 saturated carbocycles. The van der Waals surface area contributed by atoms with Crippen molar-refractivity contribution in [3.8, 4) is 0 Å². The zero-order valence-corrected chi connectivity index (χ0v) is 12.0. The van der Waals surface area contributed by atoms with E-state index in [1.54, 1.807) is 0 Å². The number of aromatic carboxylic acids is 1. The zero-order valence-electron chi connectivity index (χ0n) is 12.0. The Morgan fingerprint density at radius 1 is 1.48 bits per heavy atom. The molecule has 1 fully saturated rings. The van der Waals surface area contributed by atoms with Crippen LogP contribution in [0.25, 0.3) is 0 Å². The lowest BCUT2D eigenvalue weighted by Crippen LogP contribution is -2.38. The van der Waals surface area contributed by atoms with Gasteiger partial charge in [0.1, 0.15) is 0 Å². The summed E-state index contributed by atoms with van der Waals surface area (Å²) in [5, 5.41) is 11.7. The summed E-state index contributed by atoms with van der Waals surface area (Å²) < 4.78 is 0. The summed E-state index contributed by atoms with van der Waals surface area (Å²) >= 11 is 0. The molecule has 0 spiro atoms. The number of nitrogen functional groups attached to an aromatic ring is 1. The maximum absolute atomic E-state index is 10.9. The van der Waals surface area contributed by atoms with Gasteiger partial charge in [-0.05, 0) is 24.8 Å². The first-order valence-corrected chi connectivity index (χ1v) is 6.95. The van der Waals surface area contributed by atoms with Crippen LogP contribution >= 0.6 is 0 Å². The van der Waals surface area contributed by atoms with E-state index in [0.717, 1.165) is 25.9 Å². The number of carbonyl (C=O) groups excluding carboxylic acids is 1. The van der Waals surface area contributed by atoms with E-state index in [2.05, 4.69) is 15.2 Å². The predicted molar refractivity (Wildman–Crippen MR) is 79.2 cm³/mol. The van der Waals surface area contributed by atoms with Crippen LogP contribution in [0.1, 0.15) is 30.1 Å². The average molecular weight is 292 g/mol. The number of rotatable bonds is 4. The Labute approximate surface area is 123 Å². The molecule has 1 aliphatic heterocycles. The molecule has 1 aromatic heterocycles. The molecule has 1 aliphatic rings. The highest BCUT2D eigenvalue weighted by Crippen LogP contribution is 2.26. The van der Waals surface area contributed by atoms with E-state index in [1.807, 2.05) is 0 Å². The van der Waals surface area contributed by atoms with E-state index >= 15 is 0 Å². The van der Waals surface area contributed by atoms with Crippen LogP contribution < -0.4 is 16.0 Å². The highest BCUT2D eigenvalue weighted by molar-refractivity contribution is 5.89. The second kappa shape index (κ2) is 6.43. The molecule has 114 valence electrons. The third-order valence-corrected chi connectivity index (χ3v) is 3.70. The van der Waals surface area contributed by atoms with Crippen LogP contribution in [0.4, 0.5) is 11.5 Å². The van der Waals surface area contributed by atoms with Crippen LogP contribution in [0, 0.1) is 5.92 Å². The molecule has 0 radical (unpaired) electrons. The first-order chi connectivity index (χ1) is 9.97. The molecule has 0 atom stereocenters. The predicted octanol–water partition coefficient (Wildman–Crippen LogP) is 0.714. The number of nitrogens with two attached hydrogens (primary N) is 1. The van der Waals surface area contributed by atoms with Crippen molar-refractivity contribution in [3.05, 3.63) is 17.8 Å². The van der Waals surface area contributed by atoms with E-state index in [4.69, 9.17) is 10.8 Å². The normalized spacial score (nSPS) is 15.8. The van der Waals surface area contributed by atoms with Crippen molar-refractivity contribution in [1.82, 2.24) is 10.3 Å². The zero-order chi connectivity index (χ0) is 15.4. The second-order valence-corrected chi connectivity index (χ2v) is 5.31. The topological polar surface area (TPSA) is 109 Å². The van der Waals surface area contributed by atoms with Crippen molar-refractivity contribution >= 4 is 23.4 Å². The summed E-state index contributed by atoms with van der Waals surface area (Å²) in [6.07, 6.45) is 3.22. The smallest absolute Gasteiger partial charge is 0.337 e. The molecule has 7 nitrogen and oxygen atoms in total. The van der Waals surface area contributed by atoms with E-state index in [-0.39, 0.29) is 11.5 Å². The summed E-state index contributed by atoms with van der Waals surface area (Å²) in [5.74, 6) is 0.0602. The Hall–Kier alpha value is -2.31. The molecule has 1 saturated heterocycles. The van der Waals surface area contributed by atoms with Gasteiger partial charge in [0, 0.05) is 32.8 Å². The number of carboxylic acids is 1. The Morgan fingerprint density at radius 2 is 2.14 bits per heavy atom. The van der Waals surface area contributed by atoms with Crippen molar-refractivity contribution in [2.45, 2.75) is 19.8 Å². The second-order valence-electron chi connectivity index (χ2n) is 5.31. The lowest BCUT2D eigenvalue weighted by molar-refractivity contribution is -0.119. The molecule has 1 amide bonds. The Bertz CT molecular complexity index is 539. The number of hydrogen-bond acceptors (Lipinski definition) is 5. The van der Waals surface area contributed by atoms with Crippen molar-refractivity contribution in [2.24, 2.45) is 5.92 Å². The van der Waals surface area contributed by atoms with Crippen LogP contribution in [0.15, 0.2) is 12.3 Å². The number of aromatic nitrogens is 1. The molecule has 1 aromatic rings. The fourth-order valence-electron chi connectivity index (χ4n) is 2.49. The van der Waals surface area contributed by atoms with Gasteiger partial charge in [-0.15, -0.1) is 0 Å². The number of pyridine rings is 1. The number of carbonyl (C=O) groups is 2. The van der Waals surface area contributed by atoms with E-state index < -0.39 is 5.97 Å². The number of piperidine rings is 1. The van der Waals surface area contributed by atoms with Gasteiger partial charge < -0.3 is 21.1 Å². The van der Waals surface area contributed by atoms with Gasteiger partial charge >= 0.3 is 5.97 Å². The Balaban J connectivity index is 1.96. The van der Waals surface area contributed by atoms with Crippen LogP contribution in [-0.4, -0.2) is 41.6 Å². The van der Waals surface area contributed by atoms with Gasteiger partial charge in [0.2, 0.25) is 5.91 Å². The lowest BCUT2D eigenvalue weighted by Gasteiger charge is -2.33. The van der Waals surface area contributed by atoms with Crippen LogP contribution in [0.2, 0.25) is 0 Å². The van der Waals surface area contributed by atoms with Gasteiger partial charge in [-0.3, -0.25) is 4.79 Å². The summed E-state index contributed by atoms with van der Waals surface area (Å²) in [6.45, 7) is 3.82. The minimum atomic E-state index is -1.03. The molecule has 21 heavy (non-hydrogen) atoms. The molecule has 7 heteroatoms. The van der Waals surface area contributed by atoms with Crippen molar-refractivity contribution in [3.63, 3.8) is 0 Å². The fraction of sp³-hybridized carbons (Fsp3) is 0.500. The molecular formula is C14H20N4O3. The summed E-state index contributed by atoms with van der Waals surface area (Å²) in [5.41, 5.74) is 6.38. The minimum Gasteiger partial charge on any atom is -0.478 e. The number of amides is 1. The average Bonchev–Trinajstić information content (AvgIpc) is 2.45. The number of hydrogen-bond donors (Lipinski definition) is 3. The van der Waals surface area contributed by atoms with Crippen molar-refractivity contribution in [2.75, 3.05) is 30.3 Å². The Morgan fingerprint density at radius 3 is 2.67 bits per heavy atom. The van der Waals surface area contributed by atoms with E-state index in [0.29, 0.717) is 24.0 Å². The standard InChI is InChI=1S/C14H20N4O3/c1-9(19)16-7-10-2-4-18(5-3-10)13-12(15)6-11(8-17-13)14(20)21/h6,8,10H,2-5,7,15H2,1H3,(H,16,19)(H,20,21).